The van der Waals surface area contributed by atoms with Crippen LogP contribution in [-0.2, 0) is 9.53 Å². The summed E-state index contributed by atoms with van der Waals surface area (Å²) in [5, 5.41) is 10.1. The number of hydroxylamine groups is 2. The van der Waals surface area contributed by atoms with Crippen LogP contribution in [0.1, 0.15) is 34.1 Å². The van der Waals surface area contributed by atoms with E-state index in [1.54, 1.807) is 20.8 Å². The molecular weight excluding hydrogens is 224 g/mol. The summed E-state index contributed by atoms with van der Waals surface area (Å²) in [5.41, 5.74) is -0.647. The maximum Gasteiger partial charge on any atom is 0.347 e. The smallest absolute Gasteiger partial charge is 0.347 e. The van der Waals surface area contributed by atoms with Crippen molar-refractivity contribution >= 4 is 12.0 Å². The molecule has 98 valence electrons. The van der Waals surface area contributed by atoms with Gasteiger partial charge >= 0.3 is 12.0 Å². The Kier molecular flexibility index (Phi) is 3.98. The summed E-state index contributed by atoms with van der Waals surface area (Å²) in [4.78, 5) is 24.7. The van der Waals surface area contributed by atoms with Crippen molar-refractivity contribution in [2.75, 3.05) is 13.1 Å². The Labute approximate surface area is 101 Å². The normalized spacial score (nSPS) is 21.7. The number of hydrogen-bond acceptors (Lipinski definition) is 4. The number of carbonyl (C=O) groups is 2. The largest absolute Gasteiger partial charge is 0.439 e. The Hall–Kier alpha value is -1.30. The van der Waals surface area contributed by atoms with Crippen LogP contribution in [0.15, 0.2) is 0 Å². The average Bonchev–Trinajstić information content (AvgIpc) is 2.23. The summed E-state index contributed by atoms with van der Waals surface area (Å²) in [7, 11) is 0. The first kappa shape index (κ1) is 13.8. The van der Waals surface area contributed by atoms with Crippen LogP contribution in [-0.4, -0.2) is 46.5 Å². The SMILES string of the molecule is CCN1CCC(OC(=O)C(C)(C)C)N(O)C1=O. The second-order valence-corrected chi connectivity index (χ2v) is 5.11. The Morgan fingerprint density at radius 3 is 2.59 bits per heavy atom. The average molecular weight is 244 g/mol. The molecule has 1 heterocycles. The summed E-state index contributed by atoms with van der Waals surface area (Å²) in [6, 6.07) is -0.523. The molecule has 6 nitrogen and oxygen atoms in total. The molecular formula is C11H20N2O4. The van der Waals surface area contributed by atoms with Gasteiger partial charge in [-0.3, -0.25) is 10.0 Å². The zero-order valence-corrected chi connectivity index (χ0v) is 10.8. The molecule has 1 aliphatic rings. The quantitative estimate of drug-likeness (QED) is 0.589. The van der Waals surface area contributed by atoms with Crippen LogP contribution < -0.4 is 0 Å². The molecule has 0 bridgehead atoms. The molecule has 0 aliphatic carbocycles. The van der Waals surface area contributed by atoms with E-state index in [2.05, 4.69) is 0 Å². The number of nitrogens with zero attached hydrogens (tertiary/aromatic N) is 2. The van der Waals surface area contributed by atoms with Crippen LogP contribution in [0.2, 0.25) is 0 Å². The summed E-state index contributed by atoms with van der Waals surface area (Å²) < 4.78 is 5.12. The summed E-state index contributed by atoms with van der Waals surface area (Å²) in [6.07, 6.45) is -0.463. The Morgan fingerprint density at radius 1 is 1.53 bits per heavy atom. The number of hydrogen-bond donors (Lipinski definition) is 1. The van der Waals surface area contributed by atoms with Gasteiger partial charge in [0.25, 0.3) is 0 Å². The molecule has 1 N–H and O–H groups in total. The van der Waals surface area contributed by atoms with E-state index in [0.717, 1.165) is 0 Å². The minimum Gasteiger partial charge on any atom is -0.439 e. The molecule has 0 saturated carbocycles. The van der Waals surface area contributed by atoms with Gasteiger partial charge in [0, 0.05) is 19.5 Å². The minimum atomic E-state index is -0.878. The Bertz CT molecular complexity index is 311. The van der Waals surface area contributed by atoms with Gasteiger partial charge in [-0.15, -0.1) is 0 Å². The predicted molar refractivity (Wildman–Crippen MR) is 60.2 cm³/mol. The van der Waals surface area contributed by atoms with Gasteiger partial charge in [0.15, 0.2) is 0 Å². The van der Waals surface area contributed by atoms with Gasteiger partial charge in [-0.25, -0.2) is 4.79 Å². The molecule has 6 heteroatoms. The first-order valence-electron chi connectivity index (χ1n) is 5.75. The van der Waals surface area contributed by atoms with Crippen molar-refractivity contribution in [3.05, 3.63) is 0 Å². The van der Waals surface area contributed by atoms with Crippen LogP contribution in [0.5, 0.6) is 0 Å². The zero-order valence-electron chi connectivity index (χ0n) is 10.8. The molecule has 17 heavy (non-hydrogen) atoms. The third-order valence-electron chi connectivity index (χ3n) is 2.62. The number of urea groups is 1. The molecule has 1 atom stereocenters. The van der Waals surface area contributed by atoms with Crippen molar-refractivity contribution in [2.45, 2.75) is 40.3 Å². The van der Waals surface area contributed by atoms with E-state index in [-0.39, 0.29) is 0 Å². The molecule has 2 amide bonds. The second kappa shape index (κ2) is 4.91. The molecule has 0 aromatic carbocycles. The molecule has 0 aromatic rings. The molecule has 0 spiro atoms. The van der Waals surface area contributed by atoms with E-state index in [9.17, 15) is 14.8 Å². The first-order valence-corrected chi connectivity index (χ1v) is 5.75. The van der Waals surface area contributed by atoms with Crippen LogP contribution in [0.25, 0.3) is 0 Å². The Morgan fingerprint density at radius 2 is 2.12 bits per heavy atom. The highest BCUT2D eigenvalue weighted by molar-refractivity contribution is 5.77. The number of rotatable bonds is 2. The van der Waals surface area contributed by atoms with E-state index in [1.165, 1.54) is 4.90 Å². The van der Waals surface area contributed by atoms with Crippen molar-refractivity contribution in [2.24, 2.45) is 5.41 Å². The summed E-state index contributed by atoms with van der Waals surface area (Å²) in [5.74, 6) is -0.431. The molecule has 1 unspecified atom stereocenters. The highest BCUT2D eigenvalue weighted by Crippen LogP contribution is 2.21. The van der Waals surface area contributed by atoms with Gasteiger partial charge in [-0.1, -0.05) is 0 Å². The third kappa shape index (κ3) is 3.09. The lowest BCUT2D eigenvalue weighted by atomic mass is 9.97. The van der Waals surface area contributed by atoms with Gasteiger partial charge in [-0.2, -0.15) is 5.06 Å². The fourth-order valence-corrected chi connectivity index (χ4v) is 1.45. The molecule has 0 aromatic heterocycles. The number of carbonyl (C=O) groups excluding carboxylic acids is 2. The molecule has 1 aliphatic heterocycles. The topological polar surface area (TPSA) is 70.1 Å². The van der Waals surface area contributed by atoms with Gasteiger partial charge in [-0.05, 0) is 27.7 Å². The highest BCUT2D eigenvalue weighted by atomic mass is 16.6. The summed E-state index contributed by atoms with van der Waals surface area (Å²) in [6.45, 7) is 8.00. The number of esters is 1. The van der Waals surface area contributed by atoms with Crippen LogP contribution >= 0.6 is 0 Å². The predicted octanol–water partition coefficient (Wildman–Crippen LogP) is 1.44. The first-order chi connectivity index (χ1) is 7.77. The van der Waals surface area contributed by atoms with Crippen LogP contribution in [0, 0.1) is 5.41 Å². The van der Waals surface area contributed by atoms with E-state index < -0.39 is 23.6 Å². The zero-order chi connectivity index (χ0) is 13.2. The van der Waals surface area contributed by atoms with E-state index in [0.29, 0.717) is 24.6 Å². The van der Waals surface area contributed by atoms with Crippen LogP contribution in [0.3, 0.4) is 0 Å². The standard InChI is InChI=1S/C11H20N2O4/c1-5-12-7-6-8(13(16)10(12)15)17-9(14)11(2,3)4/h8,16H,5-7H2,1-4H3. The fourth-order valence-electron chi connectivity index (χ4n) is 1.45. The van der Waals surface area contributed by atoms with Crippen molar-refractivity contribution in [1.82, 2.24) is 9.96 Å². The van der Waals surface area contributed by atoms with Crippen molar-refractivity contribution < 1.29 is 19.5 Å². The molecule has 1 fully saturated rings. The highest BCUT2D eigenvalue weighted by Gasteiger charge is 2.36. The maximum atomic E-state index is 11.7. The van der Waals surface area contributed by atoms with Crippen molar-refractivity contribution in [3.8, 4) is 0 Å². The number of ether oxygens (including phenoxy) is 1. The van der Waals surface area contributed by atoms with Gasteiger partial charge in [0.1, 0.15) is 0 Å². The van der Waals surface area contributed by atoms with E-state index in [4.69, 9.17) is 4.74 Å². The lowest BCUT2D eigenvalue weighted by Crippen LogP contribution is -2.54. The lowest BCUT2D eigenvalue weighted by molar-refractivity contribution is -0.211. The third-order valence-corrected chi connectivity index (χ3v) is 2.62. The molecule has 1 saturated heterocycles. The minimum absolute atomic E-state index is 0.415. The second-order valence-electron chi connectivity index (χ2n) is 5.11. The summed E-state index contributed by atoms with van der Waals surface area (Å²) >= 11 is 0. The van der Waals surface area contributed by atoms with Crippen molar-refractivity contribution in [3.63, 3.8) is 0 Å². The van der Waals surface area contributed by atoms with E-state index >= 15 is 0 Å². The van der Waals surface area contributed by atoms with E-state index in [1.807, 2.05) is 6.92 Å². The van der Waals surface area contributed by atoms with Crippen LogP contribution in [0.4, 0.5) is 4.79 Å². The Balaban J connectivity index is 2.63. The monoisotopic (exact) mass is 244 g/mol. The molecule has 0 radical (unpaired) electrons. The van der Waals surface area contributed by atoms with Gasteiger partial charge in [0.05, 0.1) is 5.41 Å². The van der Waals surface area contributed by atoms with Crippen molar-refractivity contribution in [1.29, 1.82) is 0 Å². The lowest BCUT2D eigenvalue weighted by Gasteiger charge is -2.37. The van der Waals surface area contributed by atoms with Gasteiger partial charge in [0.2, 0.25) is 6.23 Å². The maximum absolute atomic E-state index is 11.7. The van der Waals surface area contributed by atoms with Gasteiger partial charge < -0.3 is 9.64 Å². The number of amides is 2. The fraction of sp³-hybridized carbons (Fsp3) is 0.818. The molecule has 1 rings (SSSR count).